The molecule has 106 valence electrons. The summed E-state index contributed by atoms with van der Waals surface area (Å²) >= 11 is 0. The average molecular weight is 260 g/mol. The van der Waals surface area contributed by atoms with E-state index in [0.717, 1.165) is 18.5 Å². The van der Waals surface area contributed by atoms with Crippen LogP contribution in [0.25, 0.3) is 0 Å². The Morgan fingerprint density at radius 3 is 2.32 bits per heavy atom. The van der Waals surface area contributed by atoms with Gasteiger partial charge in [0, 0.05) is 18.6 Å². The van der Waals surface area contributed by atoms with E-state index in [-0.39, 0.29) is 0 Å². The monoisotopic (exact) mass is 260 g/mol. The maximum absolute atomic E-state index is 3.78. The second-order valence-corrected chi connectivity index (χ2v) is 6.29. The largest absolute Gasteiger partial charge is 0.310 e. The molecule has 0 bridgehead atoms. The molecule has 1 aromatic carbocycles. The number of hydrogen-bond acceptors (Lipinski definition) is 2. The van der Waals surface area contributed by atoms with Gasteiger partial charge in [-0.25, -0.2) is 0 Å². The van der Waals surface area contributed by atoms with Crippen molar-refractivity contribution in [1.29, 1.82) is 0 Å². The Hall–Kier alpha value is -0.860. The van der Waals surface area contributed by atoms with Crippen LogP contribution in [0, 0.1) is 0 Å². The number of rotatable bonds is 5. The third-order valence-corrected chi connectivity index (χ3v) is 4.16. The van der Waals surface area contributed by atoms with Gasteiger partial charge in [0.1, 0.15) is 0 Å². The summed E-state index contributed by atoms with van der Waals surface area (Å²) in [5.41, 5.74) is 1.53. The van der Waals surface area contributed by atoms with E-state index >= 15 is 0 Å². The standard InChI is InChI=1S/C17H28N2/c1-14(13-19(2)3)18-17-11-9-16(10-12-17)15-7-5-4-6-8-15/h4-8,14,16-18H,9-13H2,1-3H3. The Bertz CT molecular complexity index is 353. The molecule has 0 heterocycles. The van der Waals surface area contributed by atoms with Gasteiger partial charge in [0.2, 0.25) is 0 Å². The van der Waals surface area contributed by atoms with E-state index in [9.17, 15) is 0 Å². The summed E-state index contributed by atoms with van der Waals surface area (Å²) < 4.78 is 0. The van der Waals surface area contributed by atoms with Gasteiger partial charge in [0.15, 0.2) is 0 Å². The highest BCUT2D eigenvalue weighted by Gasteiger charge is 2.23. The van der Waals surface area contributed by atoms with Crippen LogP contribution in [0.2, 0.25) is 0 Å². The lowest BCUT2D eigenvalue weighted by Gasteiger charge is -2.32. The Morgan fingerprint density at radius 2 is 1.74 bits per heavy atom. The molecule has 2 rings (SSSR count). The Labute approximate surface area is 118 Å². The average Bonchev–Trinajstić information content (AvgIpc) is 2.39. The number of hydrogen-bond donors (Lipinski definition) is 1. The molecule has 0 spiro atoms. The zero-order valence-electron chi connectivity index (χ0n) is 12.6. The molecule has 1 N–H and O–H groups in total. The molecule has 2 heteroatoms. The van der Waals surface area contributed by atoms with E-state index in [1.54, 1.807) is 0 Å². The van der Waals surface area contributed by atoms with E-state index in [0.29, 0.717) is 6.04 Å². The zero-order valence-corrected chi connectivity index (χ0v) is 12.6. The third kappa shape index (κ3) is 4.63. The van der Waals surface area contributed by atoms with E-state index in [1.807, 2.05) is 0 Å². The summed E-state index contributed by atoms with van der Waals surface area (Å²) in [6.07, 6.45) is 5.29. The summed E-state index contributed by atoms with van der Waals surface area (Å²) in [5, 5.41) is 3.78. The molecule has 1 aromatic rings. The maximum atomic E-state index is 3.78. The first-order valence-electron chi connectivity index (χ1n) is 7.61. The van der Waals surface area contributed by atoms with Gasteiger partial charge >= 0.3 is 0 Å². The lowest BCUT2D eigenvalue weighted by molar-refractivity contribution is 0.283. The first-order chi connectivity index (χ1) is 9.15. The highest BCUT2D eigenvalue weighted by Crippen LogP contribution is 2.32. The maximum Gasteiger partial charge on any atom is 0.0169 e. The quantitative estimate of drug-likeness (QED) is 0.874. The van der Waals surface area contributed by atoms with Crippen molar-refractivity contribution in [2.75, 3.05) is 20.6 Å². The summed E-state index contributed by atoms with van der Waals surface area (Å²) in [6.45, 7) is 3.42. The van der Waals surface area contributed by atoms with E-state index in [2.05, 4.69) is 61.6 Å². The number of benzene rings is 1. The van der Waals surface area contributed by atoms with Gasteiger partial charge in [0.25, 0.3) is 0 Å². The molecule has 1 atom stereocenters. The summed E-state index contributed by atoms with van der Waals surface area (Å²) in [5.74, 6) is 0.781. The fourth-order valence-electron chi connectivity index (χ4n) is 3.32. The number of nitrogens with zero attached hydrogens (tertiary/aromatic N) is 1. The molecule has 1 unspecified atom stereocenters. The molecule has 0 radical (unpaired) electrons. The minimum atomic E-state index is 0.591. The first kappa shape index (κ1) is 14.5. The molecule has 1 aliphatic rings. The van der Waals surface area contributed by atoms with Crippen LogP contribution in [0.5, 0.6) is 0 Å². The van der Waals surface area contributed by atoms with Crippen molar-refractivity contribution in [3.8, 4) is 0 Å². The van der Waals surface area contributed by atoms with Crippen LogP contribution >= 0.6 is 0 Å². The minimum absolute atomic E-state index is 0.591. The van der Waals surface area contributed by atoms with Crippen molar-refractivity contribution >= 4 is 0 Å². The highest BCUT2D eigenvalue weighted by molar-refractivity contribution is 5.20. The van der Waals surface area contributed by atoms with E-state index < -0.39 is 0 Å². The predicted molar refractivity (Wildman–Crippen MR) is 82.6 cm³/mol. The van der Waals surface area contributed by atoms with Crippen molar-refractivity contribution in [1.82, 2.24) is 10.2 Å². The van der Waals surface area contributed by atoms with Crippen LogP contribution < -0.4 is 5.32 Å². The lowest BCUT2D eigenvalue weighted by Crippen LogP contribution is -2.43. The fourth-order valence-corrected chi connectivity index (χ4v) is 3.32. The van der Waals surface area contributed by atoms with Crippen molar-refractivity contribution in [2.24, 2.45) is 0 Å². The van der Waals surface area contributed by atoms with Crippen LogP contribution in [-0.2, 0) is 0 Å². The van der Waals surface area contributed by atoms with E-state index in [1.165, 1.54) is 31.2 Å². The predicted octanol–water partition coefficient (Wildman–Crippen LogP) is 3.25. The minimum Gasteiger partial charge on any atom is -0.310 e. The molecular weight excluding hydrogens is 232 g/mol. The van der Waals surface area contributed by atoms with Crippen LogP contribution in [0.4, 0.5) is 0 Å². The van der Waals surface area contributed by atoms with Gasteiger partial charge in [-0.3, -0.25) is 0 Å². The second-order valence-electron chi connectivity index (χ2n) is 6.29. The van der Waals surface area contributed by atoms with Gasteiger partial charge in [-0.15, -0.1) is 0 Å². The summed E-state index contributed by atoms with van der Waals surface area (Å²) in [7, 11) is 4.29. The Kier molecular flexibility index (Phi) is 5.41. The van der Waals surface area contributed by atoms with Crippen LogP contribution in [-0.4, -0.2) is 37.6 Å². The molecule has 19 heavy (non-hydrogen) atoms. The normalized spacial score (nSPS) is 25.5. The molecule has 0 amide bonds. The molecule has 0 aliphatic heterocycles. The molecule has 1 fully saturated rings. The van der Waals surface area contributed by atoms with Gasteiger partial charge in [-0.05, 0) is 58.2 Å². The fraction of sp³-hybridized carbons (Fsp3) is 0.647. The molecule has 1 aliphatic carbocycles. The summed E-state index contributed by atoms with van der Waals surface area (Å²) in [6, 6.07) is 12.3. The SMILES string of the molecule is CC(CN(C)C)NC1CCC(c2ccccc2)CC1. The van der Waals surface area contributed by atoms with Gasteiger partial charge < -0.3 is 10.2 Å². The highest BCUT2D eigenvalue weighted by atomic mass is 15.1. The van der Waals surface area contributed by atoms with Crippen molar-refractivity contribution < 1.29 is 0 Å². The van der Waals surface area contributed by atoms with Crippen LogP contribution in [0.3, 0.4) is 0 Å². The van der Waals surface area contributed by atoms with Crippen molar-refractivity contribution in [3.63, 3.8) is 0 Å². The van der Waals surface area contributed by atoms with Crippen molar-refractivity contribution in [3.05, 3.63) is 35.9 Å². The molecule has 0 saturated heterocycles. The van der Waals surface area contributed by atoms with Crippen LogP contribution in [0.1, 0.15) is 44.1 Å². The molecule has 1 saturated carbocycles. The van der Waals surface area contributed by atoms with Gasteiger partial charge in [0.05, 0.1) is 0 Å². The van der Waals surface area contributed by atoms with Gasteiger partial charge in [-0.2, -0.15) is 0 Å². The first-order valence-corrected chi connectivity index (χ1v) is 7.61. The Morgan fingerprint density at radius 1 is 1.11 bits per heavy atom. The second kappa shape index (κ2) is 7.06. The smallest absolute Gasteiger partial charge is 0.0169 e. The van der Waals surface area contributed by atoms with Crippen LogP contribution in [0.15, 0.2) is 30.3 Å². The summed E-state index contributed by atoms with van der Waals surface area (Å²) in [4.78, 5) is 2.26. The molecule has 2 nitrogen and oxygen atoms in total. The molecular formula is C17H28N2. The van der Waals surface area contributed by atoms with Crippen molar-refractivity contribution in [2.45, 2.75) is 50.6 Å². The lowest BCUT2D eigenvalue weighted by atomic mass is 9.81. The Balaban J connectivity index is 1.76. The third-order valence-electron chi connectivity index (χ3n) is 4.16. The van der Waals surface area contributed by atoms with Gasteiger partial charge in [-0.1, -0.05) is 30.3 Å². The number of likely N-dealkylation sites (N-methyl/N-ethyl adjacent to an activating group) is 1. The topological polar surface area (TPSA) is 15.3 Å². The molecule has 0 aromatic heterocycles. The number of nitrogens with one attached hydrogen (secondary N) is 1. The zero-order chi connectivity index (χ0) is 13.7. The van der Waals surface area contributed by atoms with E-state index in [4.69, 9.17) is 0 Å².